The van der Waals surface area contributed by atoms with Crippen molar-refractivity contribution in [3.63, 3.8) is 0 Å². The monoisotopic (exact) mass is 262 g/mol. The lowest BCUT2D eigenvalue weighted by Crippen LogP contribution is -2.57. The Labute approximate surface area is 113 Å². The molecule has 1 aromatic rings. The van der Waals surface area contributed by atoms with Crippen LogP contribution in [0.15, 0.2) is 0 Å². The Morgan fingerprint density at radius 1 is 1.26 bits per heavy atom. The highest BCUT2D eigenvalue weighted by Crippen LogP contribution is 2.35. The molecule has 0 radical (unpaired) electrons. The number of rotatable bonds is 4. The number of nitrogens with zero attached hydrogens (tertiary/aromatic N) is 3. The molecule has 2 aliphatic rings. The van der Waals surface area contributed by atoms with Gasteiger partial charge in [-0.3, -0.25) is 0 Å². The van der Waals surface area contributed by atoms with Crippen molar-refractivity contribution in [2.24, 2.45) is 5.92 Å². The Morgan fingerprint density at radius 2 is 2.00 bits per heavy atom. The highest BCUT2D eigenvalue weighted by atomic mass is 15.3. The third kappa shape index (κ3) is 2.32. The Hall–Kier alpha value is -1.56. The van der Waals surface area contributed by atoms with Gasteiger partial charge in [0.1, 0.15) is 11.6 Å². The van der Waals surface area contributed by atoms with Crippen LogP contribution in [0.5, 0.6) is 0 Å². The number of anilines is 3. The van der Waals surface area contributed by atoms with Crippen LogP contribution in [0.4, 0.5) is 17.6 Å². The van der Waals surface area contributed by atoms with Gasteiger partial charge in [-0.1, -0.05) is 19.3 Å². The summed E-state index contributed by atoms with van der Waals surface area (Å²) in [5.74, 6) is 2.53. The molecule has 0 bridgehead atoms. The van der Waals surface area contributed by atoms with Crippen LogP contribution in [-0.2, 0) is 6.42 Å². The van der Waals surface area contributed by atoms with Crippen molar-refractivity contribution in [3.8, 4) is 0 Å². The number of hydrogen-bond donors (Lipinski definition) is 3. The fourth-order valence-corrected chi connectivity index (χ4v) is 2.78. The molecule has 0 spiro atoms. The molecule has 19 heavy (non-hydrogen) atoms. The number of nitrogens with one attached hydrogen (secondary N) is 1. The summed E-state index contributed by atoms with van der Waals surface area (Å²) in [4.78, 5) is 10.8. The summed E-state index contributed by atoms with van der Waals surface area (Å²) in [6.45, 7) is 1.92. The lowest BCUT2D eigenvalue weighted by Gasteiger charge is -2.41. The van der Waals surface area contributed by atoms with Gasteiger partial charge in [0.25, 0.3) is 0 Å². The Kier molecular flexibility index (Phi) is 3.18. The van der Waals surface area contributed by atoms with Gasteiger partial charge in [-0.25, -0.2) is 0 Å². The Balaban J connectivity index is 1.83. The van der Waals surface area contributed by atoms with Crippen LogP contribution in [0.3, 0.4) is 0 Å². The number of nitrogens with two attached hydrogens (primary N) is 2. The molecule has 1 aliphatic heterocycles. The SMILES string of the molecule is CNC1CN(c2nc(N)nc(N)c2CC2CCC2)C1. The largest absolute Gasteiger partial charge is 0.383 e. The molecule has 5 N–H and O–H groups in total. The molecular weight excluding hydrogens is 240 g/mol. The lowest BCUT2D eigenvalue weighted by atomic mass is 9.81. The first-order valence-corrected chi connectivity index (χ1v) is 7.01. The van der Waals surface area contributed by atoms with Crippen molar-refractivity contribution in [1.82, 2.24) is 15.3 Å². The van der Waals surface area contributed by atoms with Crippen LogP contribution < -0.4 is 21.7 Å². The molecule has 2 heterocycles. The van der Waals surface area contributed by atoms with E-state index in [-0.39, 0.29) is 5.95 Å². The third-order valence-electron chi connectivity index (χ3n) is 4.34. The van der Waals surface area contributed by atoms with Gasteiger partial charge in [0.05, 0.1) is 0 Å². The van der Waals surface area contributed by atoms with Gasteiger partial charge >= 0.3 is 0 Å². The molecule has 2 fully saturated rings. The van der Waals surface area contributed by atoms with Crippen LogP contribution in [0.25, 0.3) is 0 Å². The fraction of sp³-hybridized carbons (Fsp3) is 0.692. The van der Waals surface area contributed by atoms with E-state index in [4.69, 9.17) is 11.5 Å². The molecule has 0 unspecified atom stereocenters. The maximum absolute atomic E-state index is 6.06. The van der Waals surface area contributed by atoms with Crippen molar-refractivity contribution in [2.45, 2.75) is 31.7 Å². The molecule has 3 rings (SSSR count). The fourth-order valence-electron chi connectivity index (χ4n) is 2.78. The summed E-state index contributed by atoms with van der Waals surface area (Å²) in [5, 5.41) is 3.27. The number of aromatic nitrogens is 2. The van der Waals surface area contributed by atoms with E-state index in [1.807, 2.05) is 7.05 Å². The van der Waals surface area contributed by atoms with E-state index in [9.17, 15) is 0 Å². The van der Waals surface area contributed by atoms with Gasteiger partial charge in [0, 0.05) is 24.7 Å². The second-order valence-corrected chi connectivity index (χ2v) is 5.66. The molecule has 6 nitrogen and oxygen atoms in total. The van der Waals surface area contributed by atoms with Crippen molar-refractivity contribution in [1.29, 1.82) is 0 Å². The van der Waals surface area contributed by atoms with E-state index in [0.717, 1.165) is 36.8 Å². The average molecular weight is 262 g/mol. The highest BCUT2D eigenvalue weighted by molar-refractivity contribution is 5.61. The molecule has 1 aliphatic carbocycles. The number of nitrogen functional groups attached to an aromatic ring is 2. The number of hydrogen-bond acceptors (Lipinski definition) is 6. The van der Waals surface area contributed by atoms with E-state index in [1.54, 1.807) is 0 Å². The van der Waals surface area contributed by atoms with Crippen molar-refractivity contribution in [2.75, 3.05) is 36.5 Å². The van der Waals surface area contributed by atoms with Crippen LogP contribution in [0.1, 0.15) is 24.8 Å². The molecular formula is C13H22N6. The second-order valence-electron chi connectivity index (χ2n) is 5.66. The molecule has 0 amide bonds. The third-order valence-corrected chi connectivity index (χ3v) is 4.34. The first kappa shape index (κ1) is 12.5. The predicted molar refractivity (Wildman–Crippen MR) is 77.0 cm³/mol. The van der Waals surface area contributed by atoms with Gasteiger partial charge in [0.15, 0.2) is 0 Å². The summed E-state index contributed by atoms with van der Waals surface area (Å²) in [5.41, 5.74) is 12.9. The maximum Gasteiger partial charge on any atom is 0.223 e. The van der Waals surface area contributed by atoms with Crippen LogP contribution >= 0.6 is 0 Å². The van der Waals surface area contributed by atoms with E-state index in [1.165, 1.54) is 19.3 Å². The zero-order valence-corrected chi connectivity index (χ0v) is 11.4. The molecule has 6 heteroatoms. The quantitative estimate of drug-likeness (QED) is 0.727. The molecule has 1 aromatic heterocycles. The second kappa shape index (κ2) is 4.85. The standard InChI is InChI=1S/C13H22N6/c1-16-9-6-19(7-9)12-10(5-8-3-2-4-8)11(14)17-13(15)18-12/h8-9,16H,2-7H2,1H3,(H4,14,15,17,18). The summed E-state index contributed by atoms with van der Waals surface area (Å²) in [6.07, 6.45) is 4.91. The minimum absolute atomic E-state index is 0.276. The zero-order valence-electron chi connectivity index (χ0n) is 11.4. The molecule has 1 saturated heterocycles. The first-order valence-electron chi connectivity index (χ1n) is 7.01. The summed E-state index contributed by atoms with van der Waals surface area (Å²) >= 11 is 0. The highest BCUT2D eigenvalue weighted by Gasteiger charge is 2.31. The normalized spacial score (nSPS) is 20.2. The predicted octanol–water partition coefficient (Wildman–Crippen LogP) is 0.392. The summed E-state index contributed by atoms with van der Waals surface area (Å²) in [6, 6.07) is 0.536. The smallest absolute Gasteiger partial charge is 0.223 e. The first-order chi connectivity index (χ1) is 9.17. The zero-order chi connectivity index (χ0) is 13.4. The van der Waals surface area contributed by atoms with Crippen LogP contribution in [0, 0.1) is 5.92 Å². The van der Waals surface area contributed by atoms with E-state index < -0.39 is 0 Å². The average Bonchev–Trinajstić information content (AvgIpc) is 2.23. The summed E-state index contributed by atoms with van der Waals surface area (Å²) < 4.78 is 0. The summed E-state index contributed by atoms with van der Waals surface area (Å²) in [7, 11) is 1.99. The van der Waals surface area contributed by atoms with Gasteiger partial charge in [0.2, 0.25) is 5.95 Å². The van der Waals surface area contributed by atoms with Crippen LogP contribution in [-0.4, -0.2) is 36.1 Å². The number of likely N-dealkylation sites (N-methyl/N-ethyl adjacent to an activating group) is 1. The van der Waals surface area contributed by atoms with Gasteiger partial charge in [-0.2, -0.15) is 9.97 Å². The van der Waals surface area contributed by atoms with Crippen molar-refractivity contribution >= 4 is 17.6 Å². The van der Waals surface area contributed by atoms with E-state index in [0.29, 0.717) is 11.9 Å². The topological polar surface area (TPSA) is 93.1 Å². The van der Waals surface area contributed by atoms with E-state index >= 15 is 0 Å². The minimum Gasteiger partial charge on any atom is -0.383 e. The molecule has 1 saturated carbocycles. The van der Waals surface area contributed by atoms with Crippen molar-refractivity contribution in [3.05, 3.63) is 5.56 Å². The van der Waals surface area contributed by atoms with Gasteiger partial charge in [-0.15, -0.1) is 0 Å². The molecule has 0 atom stereocenters. The lowest BCUT2D eigenvalue weighted by molar-refractivity contribution is 0.314. The van der Waals surface area contributed by atoms with Crippen molar-refractivity contribution < 1.29 is 0 Å². The maximum atomic E-state index is 6.06. The van der Waals surface area contributed by atoms with Gasteiger partial charge < -0.3 is 21.7 Å². The molecule has 104 valence electrons. The van der Waals surface area contributed by atoms with Gasteiger partial charge in [-0.05, 0) is 19.4 Å². The Bertz CT molecular complexity index is 464. The Morgan fingerprint density at radius 3 is 2.58 bits per heavy atom. The molecule has 0 aromatic carbocycles. The van der Waals surface area contributed by atoms with Crippen LogP contribution in [0.2, 0.25) is 0 Å². The van der Waals surface area contributed by atoms with E-state index in [2.05, 4.69) is 20.2 Å². The minimum atomic E-state index is 0.276.